The van der Waals surface area contributed by atoms with Gasteiger partial charge in [-0.15, -0.1) is 0 Å². The average molecular weight is 290 g/mol. The summed E-state index contributed by atoms with van der Waals surface area (Å²) >= 11 is 5.84. The van der Waals surface area contributed by atoms with Crippen LogP contribution in [-0.4, -0.2) is 16.0 Å². The first-order valence-corrected chi connectivity index (χ1v) is 7.09. The lowest BCUT2D eigenvalue weighted by atomic mass is 10.2. The van der Waals surface area contributed by atoms with Gasteiger partial charge in [-0.1, -0.05) is 23.7 Å². The third kappa shape index (κ3) is 3.92. The minimum absolute atomic E-state index is 0.464. The molecule has 3 rings (SSSR count). The third-order valence-corrected chi connectivity index (χ3v) is 3.36. The van der Waals surface area contributed by atoms with Crippen LogP contribution >= 0.6 is 11.6 Å². The molecule has 0 aliphatic heterocycles. The van der Waals surface area contributed by atoms with Crippen molar-refractivity contribution in [1.29, 1.82) is 0 Å². The van der Waals surface area contributed by atoms with Gasteiger partial charge in [0, 0.05) is 23.8 Å². The summed E-state index contributed by atoms with van der Waals surface area (Å²) in [5.41, 5.74) is 1.96. The zero-order chi connectivity index (χ0) is 13.8. The van der Waals surface area contributed by atoms with E-state index in [1.165, 1.54) is 12.8 Å². The SMILES string of the molecule is Clc1ccc(COc2cncc(CNC3CC3)n2)cc1. The van der Waals surface area contributed by atoms with Gasteiger partial charge in [-0.05, 0) is 30.5 Å². The van der Waals surface area contributed by atoms with E-state index in [1.807, 2.05) is 24.3 Å². The second kappa shape index (κ2) is 6.20. The summed E-state index contributed by atoms with van der Waals surface area (Å²) in [6, 6.07) is 8.24. The summed E-state index contributed by atoms with van der Waals surface area (Å²) in [5.74, 6) is 0.551. The average Bonchev–Trinajstić information content (AvgIpc) is 3.29. The number of hydrogen-bond donors (Lipinski definition) is 1. The van der Waals surface area contributed by atoms with E-state index in [9.17, 15) is 0 Å². The van der Waals surface area contributed by atoms with Crippen LogP contribution in [0.4, 0.5) is 0 Å². The van der Waals surface area contributed by atoms with Crippen LogP contribution in [0.1, 0.15) is 24.1 Å². The van der Waals surface area contributed by atoms with Gasteiger partial charge in [0.25, 0.3) is 0 Å². The standard InChI is InChI=1S/C15H16ClN3O/c16-12-3-1-11(2-4-12)10-20-15-9-17-7-14(19-15)8-18-13-5-6-13/h1-4,7,9,13,18H,5-6,8,10H2. The lowest BCUT2D eigenvalue weighted by molar-refractivity contribution is 0.291. The molecule has 1 heterocycles. The summed E-state index contributed by atoms with van der Waals surface area (Å²) in [5, 5.41) is 4.13. The zero-order valence-corrected chi connectivity index (χ0v) is 11.8. The second-order valence-electron chi connectivity index (χ2n) is 4.92. The Bertz CT molecular complexity index is 570. The highest BCUT2D eigenvalue weighted by molar-refractivity contribution is 6.30. The molecule has 5 heteroatoms. The maximum atomic E-state index is 5.84. The molecule has 0 spiro atoms. The molecule has 1 fully saturated rings. The number of ether oxygens (including phenoxy) is 1. The van der Waals surface area contributed by atoms with Crippen LogP contribution in [-0.2, 0) is 13.2 Å². The number of aromatic nitrogens is 2. The van der Waals surface area contributed by atoms with E-state index in [0.717, 1.165) is 22.8 Å². The third-order valence-electron chi connectivity index (χ3n) is 3.11. The van der Waals surface area contributed by atoms with E-state index < -0.39 is 0 Å². The van der Waals surface area contributed by atoms with Gasteiger partial charge in [-0.25, -0.2) is 4.98 Å². The van der Waals surface area contributed by atoms with E-state index in [-0.39, 0.29) is 0 Å². The van der Waals surface area contributed by atoms with E-state index >= 15 is 0 Å². The number of benzene rings is 1. The molecule has 0 amide bonds. The molecular weight excluding hydrogens is 274 g/mol. The summed E-state index contributed by atoms with van der Waals surface area (Å²) < 4.78 is 5.65. The van der Waals surface area contributed by atoms with Gasteiger partial charge in [0.05, 0.1) is 11.9 Å². The van der Waals surface area contributed by atoms with Crippen molar-refractivity contribution in [3.8, 4) is 5.88 Å². The number of halogens is 1. The molecule has 2 aromatic rings. The maximum Gasteiger partial charge on any atom is 0.232 e. The van der Waals surface area contributed by atoms with Crippen molar-refractivity contribution >= 4 is 11.6 Å². The van der Waals surface area contributed by atoms with Crippen molar-refractivity contribution in [2.24, 2.45) is 0 Å². The lowest BCUT2D eigenvalue weighted by Gasteiger charge is -2.07. The molecule has 1 aliphatic carbocycles. The molecule has 20 heavy (non-hydrogen) atoms. The molecular formula is C15H16ClN3O. The van der Waals surface area contributed by atoms with E-state index in [2.05, 4.69) is 15.3 Å². The van der Waals surface area contributed by atoms with Gasteiger partial charge in [0.2, 0.25) is 5.88 Å². The molecule has 0 atom stereocenters. The summed E-state index contributed by atoms with van der Waals surface area (Å²) in [6.45, 7) is 1.21. The number of rotatable bonds is 6. The number of hydrogen-bond acceptors (Lipinski definition) is 4. The van der Waals surface area contributed by atoms with Gasteiger partial charge in [-0.2, -0.15) is 0 Å². The summed E-state index contributed by atoms with van der Waals surface area (Å²) in [6.07, 6.45) is 5.93. The minimum atomic E-state index is 0.464. The predicted octanol–water partition coefficient (Wildman–Crippen LogP) is 2.96. The second-order valence-corrected chi connectivity index (χ2v) is 5.36. The van der Waals surface area contributed by atoms with Gasteiger partial charge >= 0.3 is 0 Å². The number of nitrogens with zero attached hydrogens (tertiary/aromatic N) is 2. The van der Waals surface area contributed by atoms with E-state index in [0.29, 0.717) is 18.5 Å². The largest absolute Gasteiger partial charge is 0.472 e. The Balaban J connectivity index is 1.56. The van der Waals surface area contributed by atoms with Gasteiger partial charge in [0.1, 0.15) is 6.61 Å². The molecule has 0 unspecified atom stereocenters. The highest BCUT2D eigenvalue weighted by Crippen LogP contribution is 2.19. The lowest BCUT2D eigenvalue weighted by Crippen LogP contribution is -2.16. The minimum Gasteiger partial charge on any atom is -0.472 e. The zero-order valence-electron chi connectivity index (χ0n) is 11.1. The molecule has 104 valence electrons. The van der Waals surface area contributed by atoms with Gasteiger partial charge in [0.15, 0.2) is 0 Å². The molecule has 1 aromatic carbocycles. The molecule has 4 nitrogen and oxygen atoms in total. The maximum absolute atomic E-state index is 5.84. The Morgan fingerprint density at radius 2 is 2.00 bits per heavy atom. The Morgan fingerprint density at radius 1 is 1.20 bits per heavy atom. The van der Waals surface area contributed by atoms with Gasteiger partial charge < -0.3 is 10.1 Å². The van der Waals surface area contributed by atoms with Crippen molar-refractivity contribution < 1.29 is 4.74 Å². The first-order chi connectivity index (χ1) is 9.79. The Kier molecular flexibility index (Phi) is 4.14. The van der Waals surface area contributed by atoms with Crippen molar-refractivity contribution in [1.82, 2.24) is 15.3 Å². The molecule has 1 saturated carbocycles. The molecule has 1 N–H and O–H groups in total. The van der Waals surface area contributed by atoms with Crippen LogP contribution in [0.15, 0.2) is 36.7 Å². The van der Waals surface area contributed by atoms with Crippen molar-refractivity contribution in [3.05, 3.63) is 52.9 Å². The van der Waals surface area contributed by atoms with Crippen LogP contribution in [0.2, 0.25) is 5.02 Å². The molecule has 0 saturated heterocycles. The smallest absolute Gasteiger partial charge is 0.232 e. The molecule has 1 aromatic heterocycles. The van der Waals surface area contributed by atoms with Crippen molar-refractivity contribution in [3.63, 3.8) is 0 Å². The quantitative estimate of drug-likeness (QED) is 0.888. The van der Waals surface area contributed by atoms with Crippen LogP contribution in [0.5, 0.6) is 5.88 Å². The van der Waals surface area contributed by atoms with Gasteiger partial charge in [-0.3, -0.25) is 4.98 Å². The van der Waals surface area contributed by atoms with E-state index in [1.54, 1.807) is 12.4 Å². The molecule has 0 bridgehead atoms. The molecule has 0 radical (unpaired) electrons. The van der Waals surface area contributed by atoms with E-state index in [4.69, 9.17) is 16.3 Å². The summed E-state index contributed by atoms with van der Waals surface area (Å²) in [4.78, 5) is 8.59. The monoisotopic (exact) mass is 289 g/mol. The fourth-order valence-corrected chi connectivity index (χ4v) is 1.94. The van der Waals surface area contributed by atoms with Crippen molar-refractivity contribution in [2.45, 2.75) is 32.0 Å². The normalized spacial score (nSPS) is 14.2. The highest BCUT2D eigenvalue weighted by Gasteiger charge is 2.20. The van der Waals surface area contributed by atoms with Crippen LogP contribution in [0.3, 0.4) is 0 Å². The first-order valence-electron chi connectivity index (χ1n) is 6.71. The Morgan fingerprint density at radius 3 is 2.75 bits per heavy atom. The number of nitrogens with one attached hydrogen (secondary N) is 1. The Labute approximate surface area is 123 Å². The van der Waals surface area contributed by atoms with Crippen LogP contribution < -0.4 is 10.1 Å². The fraction of sp³-hybridized carbons (Fsp3) is 0.333. The Hall–Kier alpha value is -1.65. The molecule has 1 aliphatic rings. The van der Waals surface area contributed by atoms with Crippen LogP contribution in [0.25, 0.3) is 0 Å². The van der Waals surface area contributed by atoms with Crippen molar-refractivity contribution in [2.75, 3.05) is 0 Å². The van der Waals surface area contributed by atoms with Crippen LogP contribution in [0, 0.1) is 0 Å². The topological polar surface area (TPSA) is 47.0 Å². The highest BCUT2D eigenvalue weighted by atomic mass is 35.5. The first kappa shape index (κ1) is 13.3. The summed E-state index contributed by atoms with van der Waals surface area (Å²) in [7, 11) is 0. The fourth-order valence-electron chi connectivity index (χ4n) is 1.82. The predicted molar refractivity (Wildman–Crippen MR) is 77.7 cm³/mol.